The number of carboxylic acids is 1. The summed E-state index contributed by atoms with van der Waals surface area (Å²) in [5.41, 5.74) is 1.04. The number of anilines is 1. The molecule has 13 heteroatoms. The summed E-state index contributed by atoms with van der Waals surface area (Å²) in [5, 5.41) is 8.64. The zero-order valence-corrected chi connectivity index (χ0v) is 23.6. The van der Waals surface area contributed by atoms with Crippen molar-refractivity contribution in [2.24, 2.45) is 0 Å². The molecule has 4 rings (SSSR count). The van der Waals surface area contributed by atoms with E-state index in [1.807, 2.05) is 25.3 Å². The van der Waals surface area contributed by atoms with Crippen molar-refractivity contribution in [3.05, 3.63) is 32.9 Å². The van der Waals surface area contributed by atoms with Crippen molar-refractivity contribution in [3.8, 4) is 11.5 Å². The van der Waals surface area contributed by atoms with Gasteiger partial charge in [-0.05, 0) is 0 Å². The van der Waals surface area contributed by atoms with E-state index < -0.39 is 33.4 Å². The number of thioether (sulfide) groups is 1. The summed E-state index contributed by atoms with van der Waals surface area (Å²) in [5.74, 6) is 0.212. The van der Waals surface area contributed by atoms with Crippen molar-refractivity contribution in [1.82, 2.24) is 4.90 Å². The summed E-state index contributed by atoms with van der Waals surface area (Å²) in [6, 6.07) is 4.02. The zero-order valence-electron chi connectivity index (χ0n) is 19.6. The number of amides is 1. The number of hydrogen-bond acceptors (Lipinski definition) is 10. The Morgan fingerprint density at radius 3 is 2.22 bits per heavy atom. The molecule has 10 nitrogen and oxygen atoms in total. The molecule has 1 aromatic carbocycles. The van der Waals surface area contributed by atoms with Crippen LogP contribution in [-0.2, 0) is 19.0 Å². The average Bonchev–Trinajstić information content (AvgIpc) is 3.29. The Labute approximate surface area is 228 Å². The van der Waals surface area contributed by atoms with Crippen molar-refractivity contribution in [3.63, 3.8) is 0 Å². The van der Waals surface area contributed by atoms with Crippen LogP contribution < -0.4 is 18.0 Å². The molecule has 1 saturated heterocycles. The number of rotatable bonds is 3. The summed E-state index contributed by atoms with van der Waals surface area (Å²) in [6.45, 7) is 3.25. The number of carbonyl (C=O) groups excluding carboxylic acids is 1. The van der Waals surface area contributed by atoms with E-state index in [1.165, 1.54) is 3.61 Å². The summed E-state index contributed by atoms with van der Waals surface area (Å²) >= 11 is 5.52. The van der Waals surface area contributed by atoms with Gasteiger partial charge in [-0.2, -0.15) is 0 Å². The Morgan fingerprint density at radius 2 is 1.61 bits per heavy atom. The first-order chi connectivity index (χ1) is 17.4. The van der Waals surface area contributed by atoms with Crippen molar-refractivity contribution in [2.45, 2.75) is 0 Å². The van der Waals surface area contributed by atoms with Crippen LogP contribution in [0.4, 0.5) is 10.5 Å². The number of benzene rings is 1. The second-order valence-corrected chi connectivity index (χ2v) is 12.1. The third-order valence-corrected chi connectivity index (χ3v) is 10.0. The first kappa shape index (κ1) is 27.2. The first-order valence-electron chi connectivity index (χ1n) is 11.2. The minimum absolute atomic E-state index is 0.241. The van der Waals surface area contributed by atoms with E-state index in [-0.39, 0.29) is 10.2 Å². The molecule has 0 radical (unpaired) electrons. The maximum absolute atomic E-state index is 12.1. The topological polar surface area (TPSA) is 107 Å². The monoisotopic (exact) mass is 652 g/mol. The number of carboxylic acid groups (broad SMARTS) is 1. The van der Waals surface area contributed by atoms with E-state index in [9.17, 15) is 9.59 Å². The van der Waals surface area contributed by atoms with E-state index in [2.05, 4.69) is 4.90 Å². The van der Waals surface area contributed by atoms with Gasteiger partial charge in [-0.3, -0.25) is 0 Å². The second kappa shape index (κ2) is 13.1. The van der Waals surface area contributed by atoms with Gasteiger partial charge in [0, 0.05) is 0 Å². The molecule has 3 heterocycles. The molecular weight excluding hydrogens is 624 g/mol. The molecule has 1 amide bonds. The summed E-state index contributed by atoms with van der Waals surface area (Å²) in [7, 11) is 1.99. The van der Waals surface area contributed by atoms with E-state index in [1.54, 1.807) is 6.08 Å². The molecule has 0 unspecified atom stereocenters. The predicted octanol–water partition coefficient (Wildman–Crippen LogP) is 1.59. The molecule has 1 aromatic rings. The number of ether oxygens (including phenoxy) is 5. The van der Waals surface area contributed by atoms with Gasteiger partial charge in [0.25, 0.3) is 0 Å². The standard InChI is InChI=1S/C23H26N2O8S2Te/c1-24-15-12-16-17(33-11-9-31-7-5-29-4-6-30-8-10-32-16)13-19(15)36-20(24)3-2-18-22(34)25(14-21(26)27)23(28)35-18/h2-3,12-13H,4-11,14H2,1H3,(H,26,27)/b18-2+,20-3-. The molecule has 3 aliphatic rings. The van der Waals surface area contributed by atoms with Crippen LogP contribution in [0.3, 0.4) is 0 Å². The molecule has 0 aromatic heterocycles. The van der Waals surface area contributed by atoms with E-state index >= 15 is 0 Å². The van der Waals surface area contributed by atoms with Gasteiger partial charge >= 0.3 is 229 Å². The molecular formula is C23H26N2O8S2Te. The van der Waals surface area contributed by atoms with Crippen LogP contribution in [0.2, 0.25) is 0 Å². The fraction of sp³-hybridized carbons (Fsp3) is 0.435. The molecule has 0 bridgehead atoms. The third-order valence-electron chi connectivity index (χ3n) is 5.19. The quantitative estimate of drug-likeness (QED) is 0.293. The molecule has 0 spiro atoms. The zero-order chi connectivity index (χ0) is 25.5. The first-order valence-corrected chi connectivity index (χ1v) is 14.8. The third kappa shape index (κ3) is 6.92. The number of hydrogen-bond donors (Lipinski definition) is 1. The van der Waals surface area contributed by atoms with Crippen molar-refractivity contribution in [1.29, 1.82) is 0 Å². The molecule has 0 atom stereocenters. The van der Waals surface area contributed by atoms with Crippen LogP contribution in [0, 0.1) is 0 Å². The van der Waals surface area contributed by atoms with Crippen LogP contribution in [0.15, 0.2) is 32.9 Å². The molecule has 0 saturated carbocycles. The van der Waals surface area contributed by atoms with Crippen LogP contribution in [0.1, 0.15) is 0 Å². The van der Waals surface area contributed by atoms with Gasteiger partial charge in [0.05, 0.1) is 0 Å². The summed E-state index contributed by atoms with van der Waals surface area (Å²) < 4.78 is 30.9. The SMILES string of the molecule is CN1/C(=C/C=C2/SC(=O)N(CC(=O)O)C2=S)[Te]c2cc3c(cc21)OCCOCCOCCOCCO3. The second-order valence-electron chi connectivity index (χ2n) is 7.65. The van der Waals surface area contributed by atoms with Gasteiger partial charge in [0.15, 0.2) is 0 Å². The van der Waals surface area contributed by atoms with Crippen LogP contribution in [0.25, 0.3) is 0 Å². The Bertz CT molecular complexity index is 1080. The van der Waals surface area contributed by atoms with E-state index in [0.29, 0.717) is 69.3 Å². The van der Waals surface area contributed by atoms with Gasteiger partial charge in [-0.15, -0.1) is 0 Å². The number of fused-ring (bicyclic) bond motifs is 2. The number of thiocarbonyl (C=S) groups is 1. The van der Waals surface area contributed by atoms with Crippen molar-refractivity contribution in [2.75, 3.05) is 71.3 Å². The van der Waals surface area contributed by atoms with Crippen LogP contribution >= 0.6 is 24.0 Å². The molecule has 194 valence electrons. The molecule has 1 N–H and O–H groups in total. The number of aliphatic carboxylic acids is 1. The van der Waals surface area contributed by atoms with Gasteiger partial charge < -0.3 is 0 Å². The fourth-order valence-corrected chi connectivity index (χ4v) is 7.66. The van der Waals surface area contributed by atoms with Gasteiger partial charge in [-0.25, -0.2) is 0 Å². The Hall–Kier alpha value is -1.85. The van der Waals surface area contributed by atoms with Gasteiger partial charge in [-0.1, -0.05) is 0 Å². The van der Waals surface area contributed by atoms with Gasteiger partial charge in [0.1, 0.15) is 0 Å². The number of allylic oxidation sites excluding steroid dienone is 2. The van der Waals surface area contributed by atoms with E-state index in [4.69, 9.17) is 41.0 Å². The van der Waals surface area contributed by atoms with Crippen LogP contribution in [-0.4, -0.2) is 114 Å². The number of nitrogens with zero attached hydrogens (tertiary/aromatic N) is 2. The van der Waals surface area contributed by atoms with E-state index in [0.717, 1.165) is 26.1 Å². The van der Waals surface area contributed by atoms with Crippen LogP contribution in [0.5, 0.6) is 11.5 Å². The average molecular weight is 650 g/mol. The fourth-order valence-electron chi connectivity index (χ4n) is 3.44. The molecule has 1 fully saturated rings. The molecule has 3 aliphatic heterocycles. The Morgan fingerprint density at radius 1 is 1.03 bits per heavy atom. The Balaban J connectivity index is 1.50. The normalized spacial score (nSPS) is 22.0. The minimum atomic E-state index is -1.10. The van der Waals surface area contributed by atoms with Gasteiger partial charge in [0.2, 0.25) is 0 Å². The molecule has 36 heavy (non-hydrogen) atoms. The number of carbonyl (C=O) groups is 2. The van der Waals surface area contributed by atoms with Crippen molar-refractivity contribution < 1.29 is 38.4 Å². The Kier molecular flexibility index (Phi) is 9.89. The summed E-state index contributed by atoms with van der Waals surface area (Å²) in [6.07, 6.45) is 3.75. The summed E-state index contributed by atoms with van der Waals surface area (Å²) in [4.78, 5) is 27.2. The predicted molar refractivity (Wildman–Crippen MR) is 140 cm³/mol. The maximum atomic E-state index is 12.1. The molecule has 0 aliphatic carbocycles. The van der Waals surface area contributed by atoms with Crippen molar-refractivity contribution >= 4 is 70.4 Å².